The summed E-state index contributed by atoms with van der Waals surface area (Å²) in [5.74, 6) is 0. The number of hydrogen-bond acceptors (Lipinski definition) is 2. The highest BCUT2D eigenvalue weighted by atomic mass is 32.2. The highest BCUT2D eigenvalue weighted by Crippen LogP contribution is 2.15. The molecule has 0 heterocycles. The van der Waals surface area contributed by atoms with Crippen molar-refractivity contribution in [3.63, 3.8) is 0 Å². The summed E-state index contributed by atoms with van der Waals surface area (Å²) in [6.45, 7) is 3.82. The van der Waals surface area contributed by atoms with Gasteiger partial charge >= 0.3 is 0 Å². The molecule has 0 radical (unpaired) electrons. The molecule has 2 aromatic carbocycles. The molecule has 20 heavy (non-hydrogen) atoms. The van der Waals surface area contributed by atoms with Crippen molar-refractivity contribution in [3.05, 3.63) is 65.7 Å². The number of rotatable bonds is 4. The van der Waals surface area contributed by atoms with Gasteiger partial charge in [0.1, 0.15) is 0 Å². The first-order valence-corrected chi connectivity index (χ1v) is 7.93. The molecule has 0 unspecified atom stereocenters. The van der Waals surface area contributed by atoms with E-state index in [1.165, 1.54) is 0 Å². The van der Waals surface area contributed by atoms with Gasteiger partial charge in [-0.15, -0.1) is 0 Å². The predicted molar refractivity (Wildman–Crippen MR) is 81.6 cm³/mol. The van der Waals surface area contributed by atoms with Crippen LogP contribution >= 0.6 is 0 Å². The lowest BCUT2D eigenvalue weighted by Crippen LogP contribution is -2.05. The van der Waals surface area contributed by atoms with Crippen molar-refractivity contribution in [2.45, 2.75) is 25.2 Å². The van der Waals surface area contributed by atoms with Crippen molar-refractivity contribution in [2.75, 3.05) is 0 Å². The van der Waals surface area contributed by atoms with Crippen LogP contribution in [0.25, 0.3) is 0 Å². The van der Waals surface area contributed by atoms with Gasteiger partial charge in [-0.25, -0.2) is 0 Å². The summed E-state index contributed by atoms with van der Waals surface area (Å²) < 4.78 is 28.6. The number of benzene rings is 2. The summed E-state index contributed by atoms with van der Waals surface area (Å²) in [7, 11) is -3.65. The van der Waals surface area contributed by atoms with Crippen LogP contribution in [0.2, 0.25) is 0 Å². The minimum absolute atomic E-state index is 0.227. The lowest BCUT2D eigenvalue weighted by atomic mass is 10.1. The fourth-order valence-corrected chi connectivity index (χ4v) is 2.97. The van der Waals surface area contributed by atoms with Gasteiger partial charge in [0.2, 0.25) is 0 Å². The SMILES string of the molecule is CC/C(=N/S(=O)(=O)c1ccc(C)cc1)c1ccccc1. The van der Waals surface area contributed by atoms with Crippen LogP contribution in [-0.2, 0) is 10.0 Å². The first-order valence-electron chi connectivity index (χ1n) is 6.49. The molecule has 0 saturated carbocycles. The molecule has 0 spiro atoms. The average molecular weight is 287 g/mol. The third-order valence-corrected chi connectivity index (χ3v) is 4.32. The van der Waals surface area contributed by atoms with Gasteiger partial charge in [0.25, 0.3) is 10.0 Å². The molecule has 0 aromatic heterocycles. The van der Waals surface area contributed by atoms with Gasteiger partial charge in [-0.2, -0.15) is 12.8 Å². The minimum Gasteiger partial charge on any atom is -0.199 e. The Morgan fingerprint density at radius 1 is 1.00 bits per heavy atom. The average Bonchev–Trinajstić information content (AvgIpc) is 2.46. The summed E-state index contributed by atoms with van der Waals surface area (Å²) in [6, 6.07) is 16.1. The summed E-state index contributed by atoms with van der Waals surface area (Å²) in [5, 5.41) is 0. The number of aryl methyl sites for hydroxylation is 1. The van der Waals surface area contributed by atoms with E-state index >= 15 is 0 Å². The quantitative estimate of drug-likeness (QED) is 0.807. The largest absolute Gasteiger partial charge is 0.282 e. The van der Waals surface area contributed by atoms with Crippen molar-refractivity contribution in [3.8, 4) is 0 Å². The van der Waals surface area contributed by atoms with Crippen LogP contribution < -0.4 is 0 Å². The normalized spacial score (nSPS) is 12.4. The van der Waals surface area contributed by atoms with E-state index in [2.05, 4.69) is 4.40 Å². The van der Waals surface area contributed by atoms with E-state index < -0.39 is 10.0 Å². The molecule has 4 heteroatoms. The number of nitrogens with zero attached hydrogens (tertiary/aromatic N) is 1. The second kappa shape index (κ2) is 6.01. The third-order valence-electron chi connectivity index (χ3n) is 2.99. The van der Waals surface area contributed by atoms with E-state index in [9.17, 15) is 8.42 Å². The van der Waals surface area contributed by atoms with Gasteiger partial charge in [0.05, 0.1) is 10.6 Å². The Labute approximate surface area is 120 Å². The van der Waals surface area contributed by atoms with E-state index in [0.717, 1.165) is 11.1 Å². The van der Waals surface area contributed by atoms with Crippen LogP contribution in [0.4, 0.5) is 0 Å². The zero-order valence-corrected chi connectivity index (χ0v) is 12.4. The maximum Gasteiger partial charge on any atom is 0.282 e. The Hall–Kier alpha value is -1.94. The molecule has 3 nitrogen and oxygen atoms in total. The third kappa shape index (κ3) is 3.33. The Balaban J connectivity index is 2.43. The first-order chi connectivity index (χ1) is 9.53. The molecule has 104 valence electrons. The second-order valence-electron chi connectivity index (χ2n) is 4.55. The van der Waals surface area contributed by atoms with Gasteiger partial charge in [-0.05, 0) is 31.0 Å². The topological polar surface area (TPSA) is 46.5 Å². The van der Waals surface area contributed by atoms with Crippen LogP contribution in [0, 0.1) is 6.92 Å². The fraction of sp³-hybridized carbons (Fsp3) is 0.188. The van der Waals surface area contributed by atoms with Crippen LogP contribution in [0.3, 0.4) is 0 Å². The van der Waals surface area contributed by atoms with Crippen molar-refractivity contribution in [1.82, 2.24) is 0 Å². The molecule has 0 atom stereocenters. The molecule has 0 N–H and O–H groups in total. The molecule has 0 bridgehead atoms. The molecule has 0 aliphatic carbocycles. The smallest absolute Gasteiger partial charge is 0.199 e. The van der Waals surface area contributed by atoms with Crippen molar-refractivity contribution in [2.24, 2.45) is 4.40 Å². The highest BCUT2D eigenvalue weighted by Gasteiger charge is 2.14. The Morgan fingerprint density at radius 3 is 2.15 bits per heavy atom. The molecule has 2 aromatic rings. The lowest BCUT2D eigenvalue weighted by molar-refractivity contribution is 0.598. The maximum absolute atomic E-state index is 12.3. The van der Waals surface area contributed by atoms with Crippen LogP contribution in [0.5, 0.6) is 0 Å². The zero-order valence-electron chi connectivity index (χ0n) is 11.6. The molecule has 0 saturated heterocycles. The Bertz CT molecular complexity index is 702. The van der Waals surface area contributed by atoms with Gasteiger partial charge in [-0.1, -0.05) is 55.0 Å². The lowest BCUT2D eigenvalue weighted by Gasteiger charge is -2.05. The Morgan fingerprint density at radius 2 is 1.60 bits per heavy atom. The summed E-state index contributed by atoms with van der Waals surface area (Å²) in [5.41, 5.74) is 2.43. The monoisotopic (exact) mass is 287 g/mol. The van der Waals surface area contributed by atoms with Gasteiger partial charge < -0.3 is 0 Å². The second-order valence-corrected chi connectivity index (χ2v) is 6.15. The van der Waals surface area contributed by atoms with Gasteiger partial charge in [-0.3, -0.25) is 0 Å². The first kappa shape index (κ1) is 14.5. The van der Waals surface area contributed by atoms with Crippen molar-refractivity contribution < 1.29 is 8.42 Å². The van der Waals surface area contributed by atoms with Crippen LogP contribution in [0.1, 0.15) is 24.5 Å². The molecule has 0 aliphatic rings. The predicted octanol–water partition coefficient (Wildman–Crippen LogP) is 3.58. The van der Waals surface area contributed by atoms with Gasteiger partial charge in [0.15, 0.2) is 0 Å². The van der Waals surface area contributed by atoms with E-state index in [-0.39, 0.29) is 4.90 Å². The highest BCUT2D eigenvalue weighted by molar-refractivity contribution is 7.90. The maximum atomic E-state index is 12.3. The van der Waals surface area contributed by atoms with Gasteiger partial charge in [0, 0.05) is 0 Å². The van der Waals surface area contributed by atoms with E-state index in [0.29, 0.717) is 12.1 Å². The van der Waals surface area contributed by atoms with E-state index in [4.69, 9.17) is 0 Å². The Kier molecular flexibility index (Phi) is 4.35. The van der Waals surface area contributed by atoms with Crippen LogP contribution in [0.15, 0.2) is 63.9 Å². The van der Waals surface area contributed by atoms with Crippen LogP contribution in [-0.4, -0.2) is 14.1 Å². The molecular weight excluding hydrogens is 270 g/mol. The summed E-state index contributed by atoms with van der Waals surface area (Å²) in [4.78, 5) is 0.227. The van der Waals surface area contributed by atoms with E-state index in [1.807, 2.05) is 44.2 Å². The van der Waals surface area contributed by atoms with Crippen molar-refractivity contribution in [1.29, 1.82) is 0 Å². The van der Waals surface area contributed by atoms with E-state index in [1.54, 1.807) is 24.3 Å². The molecule has 0 aliphatic heterocycles. The molecular formula is C16H17NO2S. The number of hydrogen-bond donors (Lipinski definition) is 0. The van der Waals surface area contributed by atoms with Crippen molar-refractivity contribution >= 4 is 15.7 Å². The number of sulfonamides is 1. The minimum atomic E-state index is -3.65. The standard InChI is InChI=1S/C16H17NO2S/c1-3-16(14-7-5-4-6-8-14)17-20(18,19)15-11-9-13(2)10-12-15/h4-12H,3H2,1-2H3/b17-16-. The zero-order chi connectivity index (χ0) is 14.6. The molecule has 0 fully saturated rings. The molecule has 2 rings (SSSR count). The molecule has 0 amide bonds. The fourth-order valence-electron chi connectivity index (χ4n) is 1.86. The summed E-state index contributed by atoms with van der Waals surface area (Å²) in [6.07, 6.45) is 0.565. The summed E-state index contributed by atoms with van der Waals surface area (Å²) >= 11 is 0.